The largest absolute Gasteiger partial charge is 0.467 e. The fourth-order valence-electron chi connectivity index (χ4n) is 4.06. The highest BCUT2D eigenvalue weighted by atomic mass is 16.5. The second-order valence-corrected chi connectivity index (χ2v) is 8.16. The highest BCUT2D eigenvalue weighted by Crippen LogP contribution is 2.11. The van der Waals surface area contributed by atoms with Crippen LogP contribution in [0, 0.1) is 0 Å². The molecule has 1 N–H and O–H groups in total. The SMILES string of the molecule is O=C(NCc1ccco1)c1cncc(CCCN2CCN(C(=O)N3CCOCC3)CC2)c1. The summed E-state index contributed by atoms with van der Waals surface area (Å²) in [5, 5.41) is 2.85. The topological polar surface area (TPSA) is 91.2 Å². The third-order valence-electron chi connectivity index (χ3n) is 5.92. The molecule has 4 rings (SSSR count). The Morgan fingerprint density at radius 2 is 1.81 bits per heavy atom. The van der Waals surface area contributed by atoms with Crippen LogP contribution in [0.5, 0.6) is 0 Å². The molecule has 4 heterocycles. The monoisotopic (exact) mass is 441 g/mol. The van der Waals surface area contributed by atoms with Crippen LogP contribution < -0.4 is 5.32 Å². The minimum atomic E-state index is -0.156. The Hall–Kier alpha value is -2.91. The van der Waals surface area contributed by atoms with Gasteiger partial charge in [0.15, 0.2) is 0 Å². The van der Waals surface area contributed by atoms with Crippen molar-refractivity contribution in [2.75, 3.05) is 59.0 Å². The molecule has 0 aliphatic carbocycles. The van der Waals surface area contributed by atoms with E-state index in [-0.39, 0.29) is 11.9 Å². The number of nitrogens with zero attached hydrogens (tertiary/aromatic N) is 4. The zero-order valence-electron chi connectivity index (χ0n) is 18.4. The van der Waals surface area contributed by atoms with Crippen LogP contribution in [0.25, 0.3) is 0 Å². The lowest BCUT2D eigenvalue weighted by molar-refractivity contribution is 0.0376. The molecule has 0 unspecified atom stereocenters. The molecule has 0 bridgehead atoms. The van der Waals surface area contributed by atoms with Crippen LogP contribution in [0.1, 0.15) is 28.1 Å². The van der Waals surface area contributed by atoms with Crippen molar-refractivity contribution in [1.29, 1.82) is 0 Å². The maximum atomic E-state index is 12.6. The van der Waals surface area contributed by atoms with Gasteiger partial charge in [0, 0.05) is 51.7 Å². The number of aryl methyl sites for hydroxylation is 1. The predicted molar refractivity (Wildman–Crippen MR) is 118 cm³/mol. The number of nitrogens with one attached hydrogen (secondary N) is 1. The number of rotatable bonds is 7. The predicted octanol–water partition coefficient (Wildman–Crippen LogP) is 1.61. The second kappa shape index (κ2) is 11.1. The molecule has 172 valence electrons. The Morgan fingerprint density at radius 1 is 1.03 bits per heavy atom. The maximum absolute atomic E-state index is 12.6. The first kappa shape index (κ1) is 22.3. The van der Waals surface area contributed by atoms with Crippen molar-refractivity contribution in [2.24, 2.45) is 0 Å². The van der Waals surface area contributed by atoms with Gasteiger partial charge in [-0.3, -0.25) is 14.7 Å². The molecule has 0 spiro atoms. The average molecular weight is 442 g/mol. The lowest BCUT2D eigenvalue weighted by atomic mass is 10.1. The Labute approximate surface area is 188 Å². The van der Waals surface area contributed by atoms with Gasteiger partial charge in [-0.25, -0.2) is 4.79 Å². The number of furan rings is 1. The molecule has 0 atom stereocenters. The Morgan fingerprint density at radius 3 is 2.56 bits per heavy atom. The van der Waals surface area contributed by atoms with Gasteiger partial charge in [-0.1, -0.05) is 0 Å². The number of piperazine rings is 1. The minimum absolute atomic E-state index is 0.140. The number of ether oxygens (including phenoxy) is 1. The van der Waals surface area contributed by atoms with Crippen LogP contribution in [0.3, 0.4) is 0 Å². The summed E-state index contributed by atoms with van der Waals surface area (Å²) in [7, 11) is 0. The average Bonchev–Trinajstić information content (AvgIpc) is 3.37. The van der Waals surface area contributed by atoms with E-state index >= 15 is 0 Å². The van der Waals surface area contributed by atoms with Crippen molar-refractivity contribution in [3.63, 3.8) is 0 Å². The number of aromatic nitrogens is 1. The van der Waals surface area contributed by atoms with Crippen LogP contribution in [-0.4, -0.2) is 90.6 Å². The summed E-state index contributed by atoms with van der Waals surface area (Å²) in [5.74, 6) is 0.561. The van der Waals surface area contributed by atoms with Crippen LogP contribution in [-0.2, 0) is 17.7 Å². The molecule has 0 saturated carbocycles. The summed E-state index contributed by atoms with van der Waals surface area (Å²) < 4.78 is 10.6. The molecule has 2 aliphatic heterocycles. The Kier molecular flexibility index (Phi) is 7.73. The molecule has 3 amide bonds. The summed E-state index contributed by atoms with van der Waals surface area (Å²) >= 11 is 0. The van der Waals surface area contributed by atoms with Crippen LogP contribution in [0.15, 0.2) is 41.3 Å². The molecule has 2 saturated heterocycles. The first-order valence-corrected chi connectivity index (χ1v) is 11.3. The number of pyridine rings is 1. The minimum Gasteiger partial charge on any atom is -0.467 e. The smallest absolute Gasteiger partial charge is 0.320 e. The van der Waals surface area contributed by atoms with Gasteiger partial charge in [-0.15, -0.1) is 0 Å². The van der Waals surface area contributed by atoms with Gasteiger partial charge in [0.1, 0.15) is 5.76 Å². The van der Waals surface area contributed by atoms with E-state index in [2.05, 4.69) is 15.2 Å². The van der Waals surface area contributed by atoms with Gasteiger partial charge < -0.3 is 24.3 Å². The first-order valence-electron chi connectivity index (χ1n) is 11.3. The van der Waals surface area contributed by atoms with Crippen LogP contribution >= 0.6 is 0 Å². The normalized spacial score (nSPS) is 17.4. The van der Waals surface area contributed by atoms with Crippen LogP contribution in [0.4, 0.5) is 4.79 Å². The van der Waals surface area contributed by atoms with Gasteiger partial charge >= 0.3 is 6.03 Å². The van der Waals surface area contributed by atoms with Gasteiger partial charge in [0.05, 0.1) is 31.6 Å². The molecule has 2 aliphatic rings. The van der Waals surface area contributed by atoms with E-state index in [4.69, 9.17) is 9.15 Å². The fourth-order valence-corrected chi connectivity index (χ4v) is 4.06. The number of carbonyl (C=O) groups is 2. The molecule has 2 aromatic rings. The quantitative estimate of drug-likeness (QED) is 0.702. The van der Waals surface area contributed by atoms with E-state index in [0.29, 0.717) is 44.2 Å². The number of urea groups is 1. The zero-order chi connectivity index (χ0) is 22.2. The molecule has 2 aromatic heterocycles. The Bertz CT molecular complexity index is 874. The van der Waals surface area contributed by atoms with Crippen molar-refractivity contribution in [3.05, 3.63) is 53.7 Å². The summed E-state index contributed by atoms with van der Waals surface area (Å²) in [6.45, 7) is 7.28. The summed E-state index contributed by atoms with van der Waals surface area (Å²) in [5.41, 5.74) is 1.61. The number of hydrogen-bond donors (Lipinski definition) is 1. The molecule has 0 radical (unpaired) electrons. The molecule has 32 heavy (non-hydrogen) atoms. The molecular weight excluding hydrogens is 410 g/mol. The van der Waals surface area contributed by atoms with E-state index in [1.54, 1.807) is 18.5 Å². The van der Waals surface area contributed by atoms with Crippen molar-refractivity contribution in [1.82, 2.24) is 25.0 Å². The molecule has 9 heteroatoms. The lowest BCUT2D eigenvalue weighted by Crippen LogP contribution is -2.54. The number of morpholine rings is 1. The standard InChI is InChI=1S/C23H31N5O4/c29-22(25-18-21-4-2-12-32-21)20-15-19(16-24-17-20)3-1-5-26-6-8-27(9-7-26)23(30)28-10-13-31-14-11-28/h2,4,12,15-17H,1,3,5-11,13-14,18H2,(H,25,29). The molecule has 0 aromatic carbocycles. The third kappa shape index (κ3) is 6.08. The molecule has 2 fully saturated rings. The first-order chi connectivity index (χ1) is 15.7. The molecular formula is C23H31N5O4. The number of amides is 3. The van der Waals surface area contributed by atoms with Crippen molar-refractivity contribution < 1.29 is 18.7 Å². The second-order valence-electron chi connectivity index (χ2n) is 8.16. The van der Waals surface area contributed by atoms with E-state index in [9.17, 15) is 9.59 Å². The Balaban J connectivity index is 1.17. The maximum Gasteiger partial charge on any atom is 0.320 e. The fraction of sp³-hybridized carbons (Fsp3) is 0.522. The molecule has 9 nitrogen and oxygen atoms in total. The number of carbonyl (C=O) groups excluding carboxylic acids is 2. The van der Waals surface area contributed by atoms with E-state index in [1.807, 2.05) is 28.1 Å². The lowest BCUT2D eigenvalue weighted by Gasteiger charge is -2.38. The zero-order valence-corrected chi connectivity index (χ0v) is 18.4. The van der Waals surface area contributed by atoms with Crippen molar-refractivity contribution in [2.45, 2.75) is 19.4 Å². The summed E-state index contributed by atoms with van der Waals surface area (Å²) in [4.78, 5) is 35.4. The highest BCUT2D eigenvalue weighted by Gasteiger charge is 2.26. The van der Waals surface area contributed by atoms with Gasteiger partial charge in [-0.2, -0.15) is 0 Å². The van der Waals surface area contributed by atoms with Crippen molar-refractivity contribution in [3.8, 4) is 0 Å². The van der Waals surface area contributed by atoms with Gasteiger partial charge in [0.2, 0.25) is 0 Å². The highest BCUT2D eigenvalue weighted by molar-refractivity contribution is 5.93. The van der Waals surface area contributed by atoms with E-state index in [1.165, 1.54) is 0 Å². The number of hydrogen-bond acceptors (Lipinski definition) is 6. The van der Waals surface area contributed by atoms with Crippen molar-refractivity contribution >= 4 is 11.9 Å². The summed E-state index contributed by atoms with van der Waals surface area (Å²) in [6.07, 6.45) is 6.84. The van der Waals surface area contributed by atoms with E-state index < -0.39 is 0 Å². The van der Waals surface area contributed by atoms with E-state index in [0.717, 1.165) is 51.1 Å². The third-order valence-corrected chi connectivity index (χ3v) is 5.92. The van der Waals surface area contributed by atoms with Gasteiger partial charge in [-0.05, 0) is 43.1 Å². The van der Waals surface area contributed by atoms with Crippen LogP contribution in [0.2, 0.25) is 0 Å². The summed E-state index contributed by atoms with van der Waals surface area (Å²) in [6, 6.07) is 5.67. The van der Waals surface area contributed by atoms with Gasteiger partial charge in [0.25, 0.3) is 5.91 Å².